The van der Waals surface area contributed by atoms with Crippen LogP contribution in [-0.4, -0.2) is 20.8 Å². The Bertz CT molecular complexity index is 471. The molecule has 0 saturated carbocycles. The molecular weight excluding hydrogens is 250 g/mol. The summed E-state index contributed by atoms with van der Waals surface area (Å²) in [5.41, 5.74) is 1.04. The Morgan fingerprint density at radius 1 is 1.33 bits per heavy atom. The lowest BCUT2D eigenvalue weighted by Gasteiger charge is -2.16. The number of nitrogens with two attached hydrogens (primary N) is 1. The molecule has 0 bridgehead atoms. The van der Waals surface area contributed by atoms with Gasteiger partial charge in [-0.25, -0.2) is 13.6 Å². The summed E-state index contributed by atoms with van der Waals surface area (Å²) >= 11 is 0. The smallest absolute Gasteiger partial charge is 0.209 e. The number of para-hydroxylation sites is 1. The van der Waals surface area contributed by atoms with Gasteiger partial charge in [0.1, 0.15) is 5.75 Å². The topological polar surface area (TPSA) is 69.4 Å². The van der Waals surface area contributed by atoms with Crippen LogP contribution in [0, 0.1) is 12.8 Å². The molecule has 102 valence electrons. The van der Waals surface area contributed by atoms with Crippen molar-refractivity contribution in [2.45, 2.75) is 26.7 Å². The first-order valence-corrected chi connectivity index (χ1v) is 7.83. The van der Waals surface area contributed by atoms with Crippen molar-refractivity contribution >= 4 is 10.0 Å². The van der Waals surface area contributed by atoms with Gasteiger partial charge in [-0.15, -0.1) is 0 Å². The third-order valence-electron chi connectivity index (χ3n) is 2.73. The molecule has 0 aliphatic heterocycles. The quantitative estimate of drug-likeness (QED) is 0.825. The van der Waals surface area contributed by atoms with Crippen LogP contribution in [0.25, 0.3) is 0 Å². The molecule has 1 aromatic carbocycles. The maximum atomic E-state index is 11.1. The van der Waals surface area contributed by atoms with Gasteiger partial charge in [-0.1, -0.05) is 31.5 Å². The number of aryl methyl sites for hydroxylation is 1. The van der Waals surface area contributed by atoms with E-state index in [1.807, 2.05) is 38.1 Å². The van der Waals surface area contributed by atoms with Gasteiger partial charge in [-0.3, -0.25) is 0 Å². The molecule has 5 heteroatoms. The van der Waals surface area contributed by atoms with Crippen molar-refractivity contribution in [3.05, 3.63) is 29.8 Å². The predicted molar refractivity (Wildman–Crippen MR) is 73.0 cm³/mol. The van der Waals surface area contributed by atoms with Crippen LogP contribution in [-0.2, 0) is 10.0 Å². The van der Waals surface area contributed by atoms with Crippen LogP contribution in [0.15, 0.2) is 24.3 Å². The number of ether oxygens (including phenoxy) is 1. The second-order valence-corrected chi connectivity index (χ2v) is 6.22. The van der Waals surface area contributed by atoms with Gasteiger partial charge >= 0.3 is 0 Å². The minimum atomic E-state index is -3.44. The van der Waals surface area contributed by atoms with Crippen molar-refractivity contribution < 1.29 is 13.2 Å². The van der Waals surface area contributed by atoms with Crippen molar-refractivity contribution in [3.8, 4) is 5.75 Å². The van der Waals surface area contributed by atoms with Crippen molar-refractivity contribution in [2.75, 3.05) is 12.4 Å². The van der Waals surface area contributed by atoms with Crippen molar-refractivity contribution in [1.29, 1.82) is 0 Å². The highest BCUT2D eigenvalue weighted by molar-refractivity contribution is 7.89. The number of rotatable bonds is 7. The molecule has 0 heterocycles. The van der Waals surface area contributed by atoms with Gasteiger partial charge in [0.2, 0.25) is 10.0 Å². The number of sulfonamides is 1. The van der Waals surface area contributed by atoms with Crippen LogP contribution in [0.2, 0.25) is 0 Å². The number of benzene rings is 1. The maximum Gasteiger partial charge on any atom is 0.209 e. The second kappa shape index (κ2) is 6.75. The normalized spacial score (nSPS) is 13.3. The molecule has 1 atom stereocenters. The molecule has 0 fully saturated rings. The van der Waals surface area contributed by atoms with Gasteiger partial charge in [0.15, 0.2) is 0 Å². The number of primary sulfonamides is 1. The van der Waals surface area contributed by atoms with E-state index in [0.717, 1.165) is 24.2 Å². The Balaban J connectivity index is 2.60. The van der Waals surface area contributed by atoms with Gasteiger partial charge in [-0.2, -0.15) is 0 Å². The van der Waals surface area contributed by atoms with Gasteiger partial charge in [0.05, 0.1) is 12.4 Å². The molecule has 0 saturated heterocycles. The molecule has 0 radical (unpaired) electrons. The maximum absolute atomic E-state index is 11.1. The van der Waals surface area contributed by atoms with Crippen LogP contribution in [0.4, 0.5) is 0 Å². The van der Waals surface area contributed by atoms with E-state index < -0.39 is 10.0 Å². The van der Waals surface area contributed by atoms with E-state index in [1.54, 1.807) is 0 Å². The predicted octanol–water partition coefficient (Wildman–Crippen LogP) is 2.08. The van der Waals surface area contributed by atoms with E-state index in [0.29, 0.717) is 6.61 Å². The summed E-state index contributed by atoms with van der Waals surface area (Å²) in [6.45, 7) is 4.36. The van der Waals surface area contributed by atoms with E-state index >= 15 is 0 Å². The zero-order chi connectivity index (χ0) is 13.6. The molecule has 1 rings (SSSR count). The average molecular weight is 271 g/mol. The Morgan fingerprint density at radius 2 is 2.00 bits per heavy atom. The molecule has 2 N–H and O–H groups in total. The zero-order valence-electron chi connectivity index (χ0n) is 10.9. The Kier molecular flexibility index (Phi) is 5.62. The van der Waals surface area contributed by atoms with E-state index in [1.165, 1.54) is 0 Å². The summed E-state index contributed by atoms with van der Waals surface area (Å²) in [6.07, 6.45) is 1.71. The largest absolute Gasteiger partial charge is 0.493 e. The van der Waals surface area contributed by atoms with Gasteiger partial charge in [0, 0.05) is 5.92 Å². The number of hydrogen-bond donors (Lipinski definition) is 1. The molecular formula is C13H21NO3S. The van der Waals surface area contributed by atoms with Gasteiger partial charge < -0.3 is 4.74 Å². The lowest BCUT2D eigenvalue weighted by Crippen LogP contribution is -2.27. The zero-order valence-corrected chi connectivity index (χ0v) is 11.7. The molecule has 1 aromatic rings. The molecule has 4 nitrogen and oxygen atoms in total. The first-order valence-electron chi connectivity index (χ1n) is 6.11. The lowest BCUT2D eigenvalue weighted by atomic mass is 10.1. The Morgan fingerprint density at radius 3 is 2.56 bits per heavy atom. The molecule has 0 aromatic heterocycles. The first-order chi connectivity index (χ1) is 8.42. The monoisotopic (exact) mass is 271 g/mol. The van der Waals surface area contributed by atoms with E-state index in [4.69, 9.17) is 9.88 Å². The summed E-state index contributed by atoms with van der Waals surface area (Å²) in [6, 6.07) is 7.69. The van der Waals surface area contributed by atoms with E-state index in [9.17, 15) is 8.42 Å². The summed E-state index contributed by atoms with van der Waals surface area (Å²) in [5, 5.41) is 5.08. The van der Waals surface area contributed by atoms with E-state index in [-0.39, 0.29) is 11.7 Å². The van der Waals surface area contributed by atoms with Crippen LogP contribution in [0.3, 0.4) is 0 Å². The standard InChI is InChI=1S/C13H21NO3S/c1-3-6-12(10-18(14,15)16)9-17-13-8-5-4-7-11(13)2/h4-5,7-8,12H,3,6,9-10H2,1-2H3,(H2,14,15,16). The minimum Gasteiger partial charge on any atom is -0.493 e. The van der Waals surface area contributed by atoms with Crippen molar-refractivity contribution in [2.24, 2.45) is 11.1 Å². The highest BCUT2D eigenvalue weighted by Gasteiger charge is 2.16. The summed E-state index contributed by atoms with van der Waals surface area (Å²) < 4.78 is 27.9. The fourth-order valence-electron chi connectivity index (χ4n) is 1.88. The highest BCUT2D eigenvalue weighted by Crippen LogP contribution is 2.18. The summed E-state index contributed by atoms with van der Waals surface area (Å²) in [5.74, 6) is 0.727. The van der Waals surface area contributed by atoms with Crippen molar-refractivity contribution in [3.63, 3.8) is 0 Å². The highest BCUT2D eigenvalue weighted by atomic mass is 32.2. The van der Waals surface area contributed by atoms with Gasteiger partial charge in [0.25, 0.3) is 0 Å². The molecule has 0 spiro atoms. The Hall–Kier alpha value is -1.07. The third kappa shape index (κ3) is 5.51. The number of hydrogen-bond acceptors (Lipinski definition) is 3. The van der Waals surface area contributed by atoms with Gasteiger partial charge in [-0.05, 0) is 25.0 Å². The Labute approximate surface area is 109 Å². The summed E-state index contributed by atoms with van der Waals surface area (Å²) in [4.78, 5) is 0. The van der Waals surface area contributed by atoms with E-state index in [2.05, 4.69) is 0 Å². The van der Waals surface area contributed by atoms with Crippen molar-refractivity contribution in [1.82, 2.24) is 0 Å². The van der Waals surface area contributed by atoms with Crippen LogP contribution in [0.1, 0.15) is 25.3 Å². The molecule has 18 heavy (non-hydrogen) atoms. The van der Waals surface area contributed by atoms with Crippen LogP contribution < -0.4 is 9.88 Å². The molecule has 1 unspecified atom stereocenters. The molecule has 0 amide bonds. The minimum absolute atomic E-state index is 0.0211. The van der Waals surface area contributed by atoms with Crippen LogP contribution >= 0.6 is 0 Å². The molecule has 0 aliphatic carbocycles. The lowest BCUT2D eigenvalue weighted by molar-refractivity contribution is 0.251. The SMILES string of the molecule is CCCC(COc1ccccc1C)CS(N)(=O)=O. The molecule has 0 aliphatic rings. The third-order valence-corrected chi connectivity index (χ3v) is 3.67. The second-order valence-electron chi connectivity index (χ2n) is 4.56. The fraction of sp³-hybridized carbons (Fsp3) is 0.538. The average Bonchev–Trinajstić information content (AvgIpc) is 2.26. The fourth-order valence-corrected chi connectivity index (χ4v) is 2.80. The first kappa shape index (κ1) is 15.0. The summed E-state index contributed by atoms with van der Waals surface area (Å²) in [7, 11) is -3.44. The van der Waals surface area contributed by atoms with Crippen LogP contribution in [0.5, 0.6) is 5.75 Å².